The van der Waals surface area contributed by atoms with Gasteiger partial charge in [0.15, 0.2) is 5.78 Å². The molecule has 0 fully saturated rings. The van der Waals surface area contributed by atoms with Crippen molar-refractivity contribution in [2.75, 3.05) is 21.3 Å². The van der Waals surface area contributed by atoms with E-state index in [4.69, 9.17) is 14.2 Å². The molecule has 0 bridgehead atoms. The molecule has 2 rings (SSSR count). The Bertz CT molecular complexity index is 672. The van der Waals surface area contributed by atoms with Crippen LogP contribution in [0.2, 0.25) is 0 Å². The monoisotopic (exact) mass is 298 g/mol. The SMILES string of the molecule is COc1ccc(C(=O)/C=C/c2ccc(OC)cc2OC)cc1. The van der Waals surface area contributed by atoms with Crippen LogP contribution in [0.5, 0.6) is 17.2 Å². The smallest absolute Gasteiger partial charge is 0.185 e. The number of carbonyl (C=O) groups excluding carboxylic acids is 1. The highest BCUT2D eigenvalue weighted by atomic mass is 16.5. The maximum absolute atomic E-state index is 12.1. The number of benzene rings is 2. The fraction of sp³-hybridized carbons (Fsp3) is 0.167. The van der Waals surface area contributed by atoms with Crippen molar-refractivity contribution in [3.8, 4) is 17.2 Å². The van der Waals surface area contributed by atoms with E-state index < -0.39 is 0 Å². The Morgan fingerprint density at radius 3 is 2.09 bits per heavy atom. The molecule has 0 radical (unpaired) electrons. The normalized spacial score (nSPS) is 10.5. The van der Waals surface area contributed by atoms with Gasteiger partial charge in [-0.15, -0.1) is 0 Å². The van der Waals surface area contributed by atoms with E-state index in [1.54, 1.807) is 57.7 Å². The summed E-state index contributed by atoms with van der Waals surface area (Å²) in [5.74, 6) is 1.99. The van der Waals surface area contributed by atoms with Gasteiger partial charge in [0.1, 0.15) is 17.2 Å². The number of rotatable bonds is 6. The minimum Gasteiger partial charge on any atom is -0.497 e. The van der Waals surface area contributed by atoms with Crippen LogP contribution < -0.4 is 14.2 Å². The molecule has 0 aliphatic heterocycles. The molecule has 22 heavy (non-hydrogen) atoms. The third kappa shape index (κ3) is 3.67. The maximum Gasteiger partial charge on any atom is 0.185 e. The molecule has 0 aromatic heterocycles. The number of allylic oxidation sites excluding steroid dienone is 1. The van der Waals surface area contributed by atoms with E-state index in [-0.39, 0.29) is 5.78 Å². The zero-order valence-electron chi connectivity index (χ0n) is 12.8. The molecule has 4 nitrogen and oxygen atoms in total. The molecule has 0 N–H and O–H groups in total. The number of ketones is 1. The number of hydrogen-bond acceptors (Lipinski definition) is 4. The summed E-state index contributed by atoms with van der Waals surface area (Å²) in [5, 5.41) is 0. The summed E-state index contributed by atoms with van der Waals surface area (Å²) in [6, 6.07) is 12.4. The van der Waals surface area contributed by atoms with Crippen LogP contribution in [-0.2, 0) is 0 Å². The van der Waals surface area contributed by atoms with E-state index >= 15 is 0 Å². The van der Waals surface area contributed by atoms with Gasteiger partial charge in [-0.2, -0.15) is 0 Å². The maximum atomic E-state index is 12.1. The first-order valence-corrected chi connectivity index (χ1v) is 6.76. The Balaban J connectivity index is 2.18. The summed E-state index contributed by atoms with van der Waals surface area (Å²) in [4.78, 5) is 12.1. The van der Waals surface area contributed by atoms with Crippen LogP contribution in [0, 0.1) is 0 Å². The molecule has 0 atom stereocenters. The van der Waals surface area contributed by atoms with E-state index in [9.17, 15) is 4.79 Å². The zero-order valence-corrected chi connectivity index (χ0v) is 12.8. The van der Waals surface area contributed by atoms with Gasteiger partial charge < -0.3 is 14.2 Å². The molecule has 0 saturated heterocycles. The summed E-state index contributed by atoms with van der Waals surface area (Å²) in [6.45, 7) is 0. The van der Waals surface area contributed by atoms with Gasteiger partial charge >= 0.3 is 0 Å². The summed E-state index contributed by atoms with van der Waals surface area (Å²) >= 11 is 0. The van der Waals surface area contributed by atoms with Crippen LogP contribution in [0.25, 0.3) is 6.08 Å². The average Bonchev–Trinajstić information content (AvgIpc) is 2.59. The highest BCUT2D eigenvalue weighted by Crippen LogP contribution is 2.25. The molecule has 0 unspecified atom stereocenters. The fourth-order valence-corrected chi connectivity index (χ4v) is 1.97. The van der Waals surface area contributed by atoms with Gasteiger partial charge in [-0.05, 0) is 48.6 Å². The van der Waals surface area contributed by atoms with Crippen molar-refractivity contribution in [1.82, 2.24) is 0 Å². The first-order chi connectivity index (χ1) is 10.7. The van der Waals surface area contributed by atoms with Gasteiger partial charge in [0.25, 0.3) is 0 Å². The molecule has 2 aromatic rings. The fourth-order valence-electron chi connectivity index (χ4n) is 1.97. The van der Waals surface area contributed by atoms with E-state index in [1.165, 1.54) is 6.08 Å². The lowest BCUT2D eigenvalue weighted by Crippen LogP contribution is -1.95. The second kappa shape index (κ2) is 7.31. The van der Waals surface area contributed by atoms with Gasteiger partial charge in [-0.1, -0.05) is 0 Å². The van der Waals surface area contributed by atoms with Gasteiger partial charge in [-0.3, -0.25) is 4.79 Å². The van der Waals surface area contributed by atoms with Crippen molar-refractivity contribution in [2.24, 2.45) is 0 Å². The predicted octanol–water partition coefficient (Wildman–Crippen LogP) is 3.61. The highest BCUT2D eigenvalue weighted by Gasteiger charge is 2.05. The lowest BCUT2D eigenvalue weighted by atomic mass is 10.1. The standard InChI is InChI=1S/C18H18O4/c1-20-15-8-4-13(5-9-15)17(19)11-7-14-6-10-16(21-2)12-18(14)22-3/h4-12H,1-3H3/b11-7+. The van der Waals surface area contributed by atoms with Crippen molar-refractivity contribution < 1.29 is 19.0 Å². The van der Waals surface area contributed by atoms with E-state index in [2.05, 4.69) is 0 Å². The molecule has 0 aliphatic carbocycles. The topological polar surface area (TPSA) is 44.8 Å². The first kappa shape index (κ1) is 15.6. The van der Waals surface area contributed by atoms with Gasteiger partial charge in [0, 0.05) is 17.2 Å². The number of hydrogen-bond donors (Lipinski definition) is 0. The van der Waals surface area contributed by atoms with Crippen LogP contribution in [-0.4, -0.2) is 27.1 Å². The van der Waals surface area contributed by atoms with Crippen molar-refractivity contribution in [1.29, 1.82) is 0 Å². The lowest BCUT2D eigenvalue weighted by molar-refractivity contribution is 0.104. The summed E-state index contributed by atoms with van der Waals surface area (Å²) in [6.07, 6.45) is 3.25. The first-order valence-electron chi connectivity index (χ1n) is 6.76. The Kier molecular flexibility index (Phi) is 5.20. The Hall–Kier alpha value is -2.75. The van der Waals surface area contributed by atoms with Crippen molar-refractivity contribution in [2.45, 2.75) is 0 Å². The highest BCUT2D eigenvalue weighted by molar-refractivity contribution is 6.07. The predicted molar refractivity (Wildman–Crippen MR) is 85.9 cm³/mol. The molecule has 2 aromatic carbocycles. The van der Waals surface area contributed by atoms with Crippen LogP contribution in [0.3, 0.4) is 0 Å². The quantitative estimate of drug-likeness (QED) is 0.603. The second-order valence-electron chi connectivity index (χ2n) is 4.53. The van der Waals surface area contributed by atoms with E-state index in [0.717, 1.165) is 11.3 Å². The molecule has 114 valence electrons. The van der Waals surface area contributed by atoms with Gasteiger partial charge in [0.05, 0.1) is 21.3 Å². The van der Waals surface area contributed by atoms with Crippen LogP contribution in [0.1, 0.15) is 15.9 Å². The average molecular weight is 298 g/mol. The van der Waals surface area contributed by atoms with Gasteiger partial charge in [-0.25, -0.2) is 0 Å². The lowest BCUT2D eigenvalue weighted by Gasteiger charge is -2.07. The molecule has 0 saturated carbocycles. The number of carbonyl (C=O) groups is 1. The number of ether oxygens (including phenoxy) is 3. The summed E-state index contributed by atoms with van der Waals surface area (Å²) in [5.41, 5.74) is 1.41. The van der Waals surface area contributed by atoms with Crippen molar-refractivity contribution in [3.05, 3.63) is 59.7 Å². The second-order valence-corrected chi connectivity index (χ2v) is 4.53. The summed E-state index contributed by atoms with van der Waals surface area (Å²) < 4.78 is 15.5. The Morgan fingerprint density at radius 1 is 0.864 bits per heavy atom. The van der Waals surface area contributed by atoms with Crippen LogP contribution in [0.4, 0.5) is 0 Å². The summed E-state index contributed by atoms with van der Waals surface area (Å²) in [7, 11) is 4.77. The van der Waals surface area contributed by atoms with Crippen molar-refractivity contribution in [3.63, 3.8) is 0 Å². The molecular formula is C18H18O4. The molecule has 0 heterocycles. The number of methoxy groups -OCH3 is 3. The molecule has 0 amide bonds. The minimum atomic E-state index is -0.0828. The van der Waals surface area contributed by atoms with E-state index in [0.29, 0.717) is 17.1 Å². The molecular weight excluding hydrogens is 280 g/mol. The van der Waals surface area contributed by atoms with Crippen LogP contribution >= 0.6 is 0 Å². The molecule has 4 heteroatoms. The minimum absolute atomic E-state index is 0.0828. The Labute approximate surface area is 129 Å². The molecule has 0 aliphatic rings. The van der Waals surface area contributed by atoms with Gasteiger partial charge in [0.2, 0.25) is 0 Å². The van der Waals surface area contributed by atoms with Crippen molar-refractivity contribution >= 4 is 11.9 Å². The Morgan fingerprint density at radius 2 is 1.50 bits per heavy atom. The van der Waals surface area contributed by atoms with Crippen LogP contribution in [0.15, 0.2) is 48.5 Å². The largest absolute Gasteiger partial charge is 0.497 e. The third-order valence-corrected chi connectivity index (χ3v) is 3.23. The van der Waals surface area contributed by atoms with E-state index in [1.807, 2.05) is 12.1 Å². The third-order valence-electron chi connectivity index (χ3n) is 3.23. The molecule has 0 spiro atoms. The zero-order chi connectivity index (χ0) is 15.9.